The van der Waals surface area contributed by atoms with E-state index >= 15 is 0 Å². The molecule has 0 atom stereocenters. The minimum Gasteiger partial charge on any atom is -0.267 e. The zero-order chi connectivity index (χ0) is 15.1. The van der Waals surface area contributed by atoms with Crippen LogP contribution in [0.4, 0.5) is 0 Å². The van der Waals surface area contributed by atoms with Crippen molar-refractivity contribution < 1.29 is 0 Å². The summed E-state index contributed by atoms with van der Waals surface area (Å²) in [7, 11) is 3.00. The van der Waals surface area contributed by atoms with Crippen LogP contribution in [-0.4, -0.2) is 24.3 Å². The summed E-state index contributed by atoms with van der Waals surface area (Å²) < 4.78 is 3.20. The lowest BCUT2D eigenvalue weighted by Crippen LogP contribution is -2.36. The molecule has 8 heteroatoms. The van der Waals surface area contributed by atoms with E-state index in [0.29, 0.717) is 5.82 Å². The Morgan fingerprint density at radius 2 is 1.90 bits per heavy atom. The first-order valence-corrected chi connectivity index (χ1v) is 6.84. The largest absolute Gasteiger partial charge is 0.352 e. The lowest BCUT2D eigenvalue weighted by atomic mass is 10.2. The van der Waals surface area contributed by atoms with Crippen molar-refractivity contribution in [1.82, 2.24) is 24.3 Å². The van der Waals surface area contributed by atoms with E-state index in [1.165, 1.54) is 11.7 Å². The third kappa shape index (κ3) is 2.27. The highest BCUT2D eigenvalue weighted by Crippen LogP contribution is 2.21. The van der Waals surface area contributed by atoms with E-state index < -0.39 is 11.2 Å². The van der Waals surface area contributed by atoms with Gasteiger partial charge in [0.05, 0.1) is 0 Å². The maximum Gasteiger partial charge on any atom is 0.352 e. The molecule has 0 bridgehead atoms. The summed E-state index contributed by atoms with van der Waals surface area (Å²) in [6.45, 7) is 0. The van der Waals surface area contributed by atoms with E-state index in [1.807, 2.05) is 24.3 Å². The van der Waals surface area contributed by atoms with Gasteiger partial charge in [-0.3, -0.25) is 9.36 Å². The molecule has 2 aliphatic heterocycles. The Labute approximate surface area is 127 Å². The van der Waals surface area contributed by atoms with E-state index in [2.05, 4.69) is 31.0 Å². The van der Waals surface area contributed by atoms with E-state index in [1.54, 1.807) is 7.05 Å². The van der Waals surface area contributed by atoms with Gasteiger partial charge in [0.2, 0.25) is 0 Å². The SMILES string of the molecule is Cn1nc(-c2cccc(Br)c2)nc2c(=O)n(C)c(=O)nc1-2. The number of hydrogen-bond donors (Lipinski definition) is 0. The Balaban J connectivity index is 2.36. The van der Waals surface area contributed by atoms with Crippen LogP contribution in [0.15, 0.2) is 38.3 Å². The highest BCUT2D eigenvalue weighted by atomic mass is 79.9. The van der Waals surface area contributed by atoms with Crippen molar-refractivity contribution >= 4 is 15.9 Å². The highest BCUT2D eigenvalue weighted by Gasteiger charge is 2.19. The molecule has 21 heavy (non-hydrogen) atoms. The first-order valence-electron chi connectivity index (χ1n) is 6.05. The summed E-state index contributed by atoms with van der Waals surface area (Å²) in [4.78, 5) is 31.8. The fourth-order valence-electron chi connectivity index (χ4n) is 1.95. The molecule has 0 N–H and O–H groups in total. The molecule has 1 aromatic rings. The minimum absolute atomic E-state index is 0.115. The van der Waals surface area contributed by atoms with Crippen molar-refractivity contribution in [2.45, 2.75) is 0 Å². The van der Waals surface area contributed by atoms with Gasteiger partial charge in [-0.25, -0.2) is 14.5 Å². The Morgan fingerprint density at radius 3 is 2.62 bits per heavy atom. The third-order valence-corrected chi connectivity index (χ3v) is 3.55. The predicted octanol–water partition coefficient (Wildman–Crippen LogP) is 0.803. The summed E-state index contributed by atoms with van der Waals surface area (Å²) >= 11 is 3.38. The molecule has 0 spiro atoms. The second-order valence-electron chi connectivity index (χ2n) is 4.50. The van der Waals surface area contributed by atoms with Crippen LogP contribution in [0, 0.1) is 0 Å². The standard InChI is InChI=1S/C13H10BrN5O2/c1-18-12(20)9-11(16-13(18)21)19(2)17-10(15-9)7-4-3-5-8(14)6-7/h3-6H,1-2H3. The third-order valence-electron chi connectivity index (χ3n) is 3.06. The van der Waals surface area contributed by atoms with Crippen molar-refractivity contribution in [1.29, 1.82) is 0 Å². The number of rotatable bonds is 1. The Kier molecular flexibility index (Phi) is 3.17. The van der Waals surface area contributed by atoms with E-state index in [9.17, 15) is 9.59 Å². The molecule has 7 nitrogen and oxygen atoms in total. The number of hydrogen-bond acceptors (Lipinski definition) is 5. The molecule has 0 aromatic heterocycles. The van der Waals surface area contributed by atoms with Gasteiger partial charge in [-0.2, -0.15) is 10.1 Å². The van der Waals surface area contributed by atoms with Crippen LogP contribution in [0.25, 0.3) is 22.9 Å². The van der Waals surface area contributed by atoms with Gasteiger partial charge in [0.15, 0.2) is 17.3 Å². The predicted molar refractivity (Wildman–Crippen MR) is 80.1 cm³/mol. The fourth-order valence-corrected chi connectivity index (χ4v) is 2.35. The van der Waals surface area contributed by atoms with E-state index in [4.69, 9.17) is 0 Å². The first kappa shape index (κ1) is 13.6. The molecule has 2 aliphatic rings. The zero-order valence-corrected chi connectivity index (χ0v) is 12.8. The second kappa shape index (κ2) is 4.88. The average Bonchev–Trinajstić information content (AvgIpc) is 2.46. The number of halogens is 1. The van der Waals surface area contributed by atoms with Crippen LogP contribution in [-0.2, 0) is 14.1 Å². The van der Waals surface area contributed by atoms with Gasteiger partial charge >= 0.3 is 5.69 Å². The summed E-state index contributed by atoms with van der Waals surface area (Å²) in [6, 6.07) is 7.42. The molecule has 0 saturated heterocycles. The molecule has 2 heterocycles. The summed E-state index contributed by atoms with van der Waals surface area (Å²) in [5.74, 6) is 0.561. The van der Waals surface area contributed by atoms with Gasteiger partial charge in [0.25, 0.3) is 5.56 Å². The number of nitrogens with zero attached hydrogens (tertiary/aromatic N) is 5. The monoisotopic (exact) mass is 347 g/mol. The smallest absolute Gasteiger partial charge is 0.267 e. The van der Waals surface area contributed by atoms with Gasteiger partial charge in [0, 0.05) is 24.1 Å². The number of benzene rings is 1. The molecule has 0 amide bonds. The van der Waals surface area contributed by atoms with Crippen molar-refractivity contribution in [2.75, 3.05) is 0 Å². The van der Waals surface area contributed by atoms with Gasteiger partial charge in [-0.15, -0.1) is 0 Å². The van der Waals surface area contributed by atoms with Crippen LogP contribution in [0.2, 0.25) is 0 Å². The first-order chi connectivity index (χ1) is 9.97. The Morgan fingerprint density at radius 1 is 1.14 bits per heavy atom. The lowest BCUT2D eigenvalue weighted by molar-refractivity contribution is 0.678. The van der Waals surface area contributed by atoms with Gasteiger partial charge in [-0.1, -0.05) is 28.1 Å². The normalized spacial score (nSPS) is 11.0. The minimum atomic E-state index is -0.623. The number of fused-ring (bicyclic) bond motifs is 1. The van der Waals surface area contributed by atoms with Crippen LogP contribution in [0.5, 0.6) is 0 Å². The zero-order valence-electron chi connectivity index (χ0n) is 11.2. The molecule has 0 aliphatic carbocycles. The molecular weight excluding hydrogens is 338 g/mol. The molecule has 106 valence electrons. The van der Waals surface area contributed by atoms with Gasteiger partial charge < -0.3 is 0 Å². The van der Waals surface area contributed by atoms with E-state index in [0.717, 1.165) is 14.6 Å². The molecule has 3 rings (SSSR count). The quantitative estimate of drug-likeness (QED) is 0.650. The summed E-state index contributed by atoms with van der Waals surface area (Å²) in [5.41, 5.74) is -0.235. The molecule has 0 radical (unpaired) electrons. The molecule has 1 aromatic carbocycles. The van der Waals surface area contributed by atoms with Crippen molar-refractivity contribution in [3.8, 4) is 22.9 Å². The van der Waals surface area contributed by atoms with Gasteiger partial charge in [0.1, 0.15) is 0 Å². The lowest BCUT2D eigenvalue weighted by Gasteiger charge is -2.11. The van der Waals surface area contributed by atoms with Crippen molar-refractivity contribution in [2.24, 2.45) is 14.1 Å². The van der Waals surface area contributed by atoms with Crippen molar-refractivity contribution in [3.63, 3.8) is 0 Å². The maximum absolute atomic E-state index is 12.2. The fraction of sp³-hybridized carbons (Fsp3) is 0.154. The Bertz CT molecular complexity index is 931. The topological polar surface area (TPSA) is 82.7 Å². The second-order valence-corrected chi connectivity index (χ2v) is 5.42. The summed E-state index contributed by atoms with van der Waals surface area (Å²) in [6.07, 6.45) is 0. The van der Waals surface area contributed by atoms with E-state index in [-0.39, 0.29) is 11.5 Å². The highest BCUT2D eigenvalue weighted by molar-refractivity contribution is 9.10. The Hall–Kier alpha value is -2.35. The maximum atomic E-state index is 12.2. The average molecular weight is 348 g/mol. The van der Waals surface area contributed by atoms with Crippen LogP contribution < -0.4 is 11.2 Å². The summed E-state index contributed by atoms with van der Waals surface area (Å²) in [5, 5.41) is 4.26. The molecule has 0 fully saturated rings. The van der Waals surface area contributed by atoms with Crippen LogP contribution in [0.3, 0.4) is 0 Å². The molecule has 0 unspecified atom stereocenters. The van der Waals surface area contributed by atoms with Crippen LogP contribution >= 0.6 is 15.9 Å². The molecule has 0 saturated carbocycles. The van der Waals surface area contributed by atoms with Crippen molar-refractivity contribution in [3.05, 3.63) is 49.6 Å². The number of aromatic nitrogens is 5. The van der Waals surface area contributed by atoms with Crippen LogP contribution in [0.1, 0.15) is 0 Å². The number of aryl methyl sites for hydroxylation is 1. The van der Waals surface area contributed by atoms with Gasteiger partial charge in [-0.05, 0) is 12.1 Å². The molecular formula is C13H10BrN5O2.